The molecule has 84 valence electrons. The first kappa shape index (κ1) is 13.4. The lowest BCUT2D eigenvalue weighted by atomic mass is 10.1. The van der Waals surface area contributed by atoms with Crippen LogP contribution in [0.4, 0.5) is 0 Å². The third kappa shape index (κ3) is 6.89. The van der Waals surface area contributed by atoms with E-state index in [0.29, 0.717) is 0 Å². The fraction of sp³-hybridized carbons (Fsp3) is 0.909. The number of unbranched alkanes of at least 4 members (excludes halogenated alkanes) is 5. The molecule has 0 rings (SSSR count). The summed E-state index contributed by atoms with van der Waals surface area (Å²) >= 11 is 0. The summed E-state index contributed by atoms with van der Waals surface area (Å²) in [6, 6.07) is -0.314. The van der Waals surface area contributed by atoms with E-state index in [2.05, 4.69) is 12.2 Å². The number of amides is 1. The second kappa shape index (κ2) is 9.00. The molecule has 3 nitrogen and oxygen atoms in total. The second-order valence-corrected chi connectivity index (χ2v) is 3.78. The maximum Gasteiger partial charge on any atom is 0.236 e. The van der Waals surface area contributed by atoms with Crippen LogP contribution in [-0.2, 0) is 4.79 Å². The van der Waals surface area contributed by atoms with Crippen LogP contribution in [0.15, 0.2) is 0 Å². The largest absolute Gasteiger partial charge is 0.358 e. The van der Waals surface area contributed by atoms with Crippen LogP contribution in [0.25, 0.3) is 0 Å². The number of nitrogens with one attached hydrogen (secondary N) is 1. The number of nitrogens with two attached hydrogens (primary N) is 1. The van der Waals surface area contributed by atoms with E-state index in [0.717, 1.165) is 12.8 Å². The van der Waals surface area contributed by atoms with E-state index < -0.39 is 0 Å². The summed E-state index contributed by atoms with van der Waals surface area (Å²) in [5, 5.41) is 2.56. The number of rotatable bonds is 8. The van der Waals surface area contributed by atoms with E-state index in [-0.39, 0.29) is 11.9 Å². The Kier molecular flexibility index (Phi) is 8.64. The van der Waals surface area contributed by atoms with Gasteiger partial charge >= 0.3 is 0 Å². The maximum atomic E-state index is 11.0. The Balaban J connectivity index is 3.23. The topological polar surface area (TPSA) is 55.1 Å². The Labute approximate surface area is 87.4 Å². The molecule has 0 aliphatic rings. The van der Waals surface area contributed by atoms with E-state index in [1.165, 1.54) is 32.1 Å². The molecule has 0 saturated heterocycles. The fourth-order valence-corrected chi connectivity index (χ4v) is 1.46. The monoisotopic (exact) mass is 200 g/mol. The van der Waals surface area contributed by atoms with Crippen LogP contribution in [0.2, 0.25) is 0 Å². The van der Waals surface area contributed by atoms with Gasteiger partial charge in [0.05, 0.1) is 6.04 Å². The Morgan fingerprint density at radius 2 is 1.79 bits per heavy atom. The van der Waals surface area contributed by atoms with Crippen LogP contribution in [0, 0.1) is 0 Å². The predicted octanol–water partition coefficient (Wildman–Crippen LogP) is 1.81. The molecule has 0 heterocycles. The van der Waals surface area contributed by atoms with Gasteiger partial charge in [0.15, 0.2) is 0 Å². The molecular formula is C11H24N2O. The Bertz CT molecular complexity index is 148. The molecule has 0 bridgehead atoms. The minimum atomic E-state index is -0.314. The highest BCUT2D eigenvalue weighted by molar-refractivity contribution is 5.81. The smallest absolute Gasteiger partial charge is 0.236 e. The van der Waals surface area contributed by atoms with Crippen LogP contribution in [0.3, 0.4) is 0 Å². The molecule has 3 N–H and O–H groups in total. The molecule has 0 aromatic rings. The molecule has 0 saturated carbocycles. The normalized spacial score (nSPS) is 12.5. The van der Waals surface area contributed by atoms with Crippen molar-refractivity contribution in [3.63, 3.8) is 0 Å². The van der Waals surface area contributed by atoms with Crippen LogP contribution < -0.4 is 11.1 Å². The van der Waals surface area contributed by atoms with Gasteiger partial charge in [0.2, 0.25) is 5.91 Å². The summed E-state index contributed by atoms with van der Waals surface area (Å²) in [5.41, 5.74) is 5.66. The summed E-state index contributed by atoms with van der Waals surface area (Å²) in [5.74, 6) is -0.0430. The third-order valence-electron chi connectivity index (χ3n) is 2.45. The van der Waals surface area contributed by atoms with Gasteiger partial charge in [-0.15, -0.1) is 0 Å². The van der Waals surface area contributed by atoms with Crippen molar-refractivity contribution in [2.75, 3.05) is 7.05 Å². The van der Waals surface area contributed by atoms with E-state index in [1.807, 2.05) is 0 Å². The Morgan fingerprint density at radius 1 is 1.21 bits per heavy atom. The first-order chi connectivity index (χ1) is 6.72. The highest BCUT2D eigenvalue weighted by Crippen LogP contribution is 2.07. The van der Waals surface area contributed by atoms with Gasteiger partial charge in [0.25, 0.3) is 0 Å². The Morgan fingerprint density at radius 3 is 2.36 bits per heavy atom. The van der Waals surface area contributed by atoms with Gasteiger partial charge in [-0.1, -0.05) is 45.4 Å². The zero-order chi connectivity index (χ0) is 10.8. The number of carbonyl (C=O) groups is 1. The number of hydrogen-bond donors (Lipinski definition) is 2. The minimum absolute atomic E-state index is 0.0430. The standard InChI is InChI=1S/C11H24N2O/c1-3-4-5-6-7-8-9-10(12)11(14)13-2/h10H,3-9,12H2,1-2H3,(H,13,14). The maximum absolute atomic E-state index is 11.0. The van der Waals surface area contributed by atoms with Crippen molar-refractivity contribution in [3.05, 3.63) is 0 Å². The van der Waals surface area contributed by atoms with Crippen molar-refractivity contribution in [2.45, 2.75) is 57.9 Å². The summed E-state index contributed by atoms with van der Waals surface area (Å²) in [4.78, 5) is 11.0. The van der Waals surface area contributed by atoms with E-state index in [9.17, 15) is 4.79 Å². The number of likely N-dealkylation sites (N-methyl/N-ethyl adjacent to an activating group) is 1. The molecule has 0 spiro atoms. The first-order valence-electron chi connectivity index (χ1n) is 5.69. The lowest BCUT2D eigenvalue weighted by Gasteiger charge is -2.09. The van der Waals surface area contributed by atoms with Gasteiger partial charge in [-0.3, -0.25) is 4.79 Å². The first-order valence-corrected chi connectivity index (χ1v) is 5.69. The molecule has 1 atom stereocenters. The zero-order valence-corrected chi connectivity index (χ0v) is 9.51. The Hall–Kier alpha value is -0.570. The van der Waals surface area contributed by atoms with Crippen molar-refractivity contribution in [1.82, 2.24) is 5.32 Å². The van der Waals surface area contributed by atoms with Gasteiger partial charge in [-0.25, -0.2) is 0 Å². The molecule has 0 aliphatic heterocycles. The van der Waals surface area contributed by atoms with Gasteiger partial charge in [0.1, 0.15) is 0 Å². The highest BCUT2D eigenvalue weighted by atomic mass is 16.2. The molecule has 0 radical (unpaired) electrons. The second-order valence-electron chi connectivity index (χ2n) is 3.78. The molecule has 0 aromatic heterocycles. The number of hydrogen-bond acceptors (Lipinski definition) is 2. The molecular weight excluding hydrogens is 176 g/mol. The fourth-order valence-electron chi connectivity index (χ4n) is 1.46. The summed E-state index contributed by atoms with van der Waals surface area (Å²) < 4.78 is 0. The molecule has 3 heteroatoms. The van der Waals surface area contributed by atoms with Crippen molar-refractivity contribution < 1.29 is 4.79 Å². The van der Waals surface area contributed by atoms with Gasteiger partial charge < -0.3 is 11.1 Å². The SMILES string of the molecule is CCCCCCCCC(N)C(=O)NC. The van der Waals surface area contributed by atoms with Gasteiger partial charge in [-0.05, 0) is 6.42 Å². The van der Waals surface area contributed by atoms with Crippen LogP contribution in [0.5, 0.6) is 0 Å². The lowest BCUT2D eigenvalue weighted by Crippen LogP contribution is -2.38. The molecule has 0 fully saturated rings. The van der Waals surface area contributed by atoms with Crippen molar-refractivity contribution in [1.29, 1.82) is 0 Å². The summed E-state index contributed by atoms with van der Waals surface area (Å²) in [6.07, 6.45) is 8.26. The predicted molar refractivity (Wildman–Crippen MR) is 60.0 cm³/mol. The quantitative estimate of drug-likeness (QED) is 0.587. The van der Waals surface area contributed by atoms with Crippen LogP contribution >= 0.6 is 0 Å². The number of carbonyl (C=O) groups excluding carboxylic acids is 1. The lowest BCUT2D eigenvalue weighted by molar-refractivity contribution is -0.122. The van der Waals surface area contributed by atoms with E-state index in [4.69, 9.17) is 5.73 Å². The van der Waals surface area contributed by atoms with Crippen LogP contribution in [-0.4, -0.2) is 19.0 Å². The van der Waals surface area contributed by atoms with E-state index in [1.54, 1.807) is 7.05 Å². The average Bonchev–Trinajstić information content (AvgIpc) is 2.21. The molecule has 1 amide bonds. The molecule has 1 unspecified atom stereocenters. The van der Waals surface area contributed by atoms with Gasteiger partial charge in [-0.2, -0.15) is 0 Å². The van der Waals surface area contributed by atoms with Crippen molar-refractivity contribution in [2.24, 2.45) is 5.73 Å². The molecule has 14 heavy (non-hydrogen) atoms. The average molecular weight is 200 g/mol. The van der Waals surface area contributed by atoms with Crippen molar-refractivity contribution in [3.8, 4) is 0 Å². The highest BCUT2D eigenvalue weighted by Gasteiger charge is 2.09. The van der Waals surface area contributed by atoms with E-state index >= 15 is 0 Å². The zero-order valence-electron chi connectivity index (χ0n) is 9.51. The van der Waals surface area contributed by atoms with Crippen LogP contribution in [0.1, 0.15) is 51.9 Å². The third-order valence-corrected chi connectivity index (χ3v) is 2.45. The van der Waals surface area contributed by atoms with Crippen molar-refractivity contribution >= 4 is 5.91 Å². The summed E-state index contributed by atoms with van der Waals surface area (Å²) in [6.45, 7) is 2.21. The minimum Gasteiger partial charge on any atom is -0.358 e. The molecule has 0 aromatic carbocycles. The summed E-state index contributed by atoms with van der Waals surface area (Å²) in [7, 11) is 1.63. The molecule has 0 aliphatic carbocycles. The van der Waals surface area contributed by atoms with Gasteiger partial charge in [0, 0.05) is 7.05 Å².